The number of rotatable bonds is 6. The smallest absolute Gasteiger partial charge is 0.328 e. The van der Waals surface area contributed by atoms with E-state index in [2.05, 4.69) is 11.4 Å². The van der Waals surface area contributed by atoms with Gasteiger partial charge in [-0.3, -0.25) is 13.9 Å². The van der Waals surface area contributed by atoms with Gasteiger partial charge < -0.3 is 10.1 Å². The van der Waals surface area contributed by atoms with Crippen LogP contribution >= 0.6 is 11.8 Å². The summed E-state index contributed by atoms with van der Waals surface area (Å²) >= 11 is 1.82. The van der Waals surface area contributed by atoms with Crippen LogP contribution in [0.5, 0.6) is 5.75 Å². The lowest BCUT2D eigenvalue weighted by molar-refractivity contribution is -0.115. The van der Waals surface area contributed by atoms with Gasteiger partial charge in [0.2, 0.25) is 5.91 Å². The number of hydrogen-bond donors (Lipinski definition) is 1. The lowest BCUT2D eigenvalue weighted by Gasteiger charge is -2.22. The maximum absolute atomic E-state index is 12.9. The average molecular weight is 440 g/mol. The van der Waals surface area contributed by atoms with E-state index in [9.17, 15) is 9.59 Å². The first-order valence-corrected chi connectivity index (χ1v) is 11.6. The topological polar surface area (TPSA) is 65.3 Å². The van der Waals surface area contributed by atoms with Crippen molar-refractivity contribution in [3.05, 3.63) is 52.4 Å². The first kappa shape index (κ1) is 21.6. The quantitative estimate of drug-likeness (QED) is 0.615. The number of nitrogens with zero attached hydrogens (tertiary/aromatic N) is 2. The summed E-state index contributed by atoms with van der Waals surface area (Å²) in [7, 11) is 5.18. The second-order valence-corrected chi connectivity index (χ2v) is 9.53. The van der Waals surface area contributed by atoms with Crippen molar-refractivity contribution in [3.63, 3.8) is 0 Å². The van der Waals surface area contributed by atoms with Crippen molar-refractivity contribution in [2.45, 2.75) is 48.7 Å². The summed E-state index contributed by atoms with van der Waals surface area (Å²) in [6, 6.07) is 11.5. The molecule has 7 heteroatoms. The number of carbonyl (C=O) groups excluding carboxylic acids is 1. The van der Waals surface area contributed by atoms with Crippen LogP contribution in [0.2, 0.25) is 0 Å². The zero-order valence-corrected chi connectivity index (χ0v) is 19.1. The molecule has 1 aliphatic carbocycles. The Hall–Kier alpha value is -2.67. The molecule has 1 amide bonds. The molecule has 164 valence electrons. The van der Waals surface area contributed by atoms with Gasteiger partial charge in [0.15, 0.2) is 0 Å². The summed E-state index contributed by atoms with van der Waals surface area (Å²) in [6.07, 6.45) is 6.44. The van der Waals surface area contributed by atoms with E-state index in [1.54, 1.807) is 30.3 Å². The highest BCUT2D eigenvalue weighted by molar-refractivity contribution is 8.00. The molecule has 4 rings (SSSR count). The highest BCUT2D eigenvalue weighted by Gasteiger charge is 2.20. The zero-order valence-electron chi connectivity index (χ0n) is 18.3. The Labute approximate surface area is 186 Å². The fourth-order valence-electron chi connectivity index (χ4n) is 4.25. The normalized spacial score (nSPS) is 14.7. The van der Waals surface area contributed by atoms with E-state index in [4.69, 9.17) is 4.74 Å². The van der Waals surface area contributed by atoms with Crippen molar-refractivity contribution >= 4 is 34.4 Å². The van der Waals surface area contributed by atoms with Gasteiger partial charge in [-0.25, -0.2) is 4.79 Å². The fourth-order valence-corrected chi connectivity index (χ4v) is 5.59. The maximum Gasteiger partial charge on any atom is 0.328 e. The van der Waals surface area contributed by atoms with Crippen LogP contribution in [0.4, 0.5) is 5.69 Å². The third-order valence-electron chi connectivity index (χ3n) is 5.99. The molecular weight excluding hydrogens is 410 g/mol. The molecule has 6 nitrogen and oxygen atoms in total. The van der Waals surface area contributed by atoms with Gasteiger partial charge in [0.25, 0.3) is 0 Å². The standard InChI is InChI=1S/C24H29N3O3S/c1-26-20-14-19(25-23(28)13-16-8-7-9-17(12-16)30-3)22(15-21(20)27(2)24(26)29)31-18-10-5-4-6-11-18/h7-9,12,14-15,18H,4-6,10-11,13H2,1-3H3,(H,25,28). The Bertz CT molecular complexity index is 1160. The van der Waals surface area contributed by atoms with Gasteiger partial charge in [-0.15, -0.1) is 11.8 Å². The Morgan fingerprint density at radius 1 is 1.10 bits per heavy atom. The lowest BCUT2D eigenvalue weighted by atomic mass is 10.0. The van der Waals surface area contributed by atoms with Crippen LogP contribution in [0, 0.1) is 0 Å². The summed E-state index contributed by atoms with van der Waals surface area (Å²) in [6.45, 7) is 0. The molecule has 31 heavy (non-hydrogen) atoms. The molecule has 1 saturated carbocycles. The number of aryl methyl sites for hydroxylation is 2. The summed E-state index contributed by atoms with van der Waals surface area (Å²) < 4.78 is 8.56. The number of methoxy groups -OCH3 is 1. The summed E-state index contributed by atoms with van der Waals surface area (Å²) in [5, 5.41) is 3.65. The number of aromatic nitrogens is 2. The predicted molar refractivity (Wildman–Crippen MR) is 126 cm³/mol. The van der Waals surface area contributed by atoms with Gasteiger partial charge in [0.1, 0.15) is 5.75 Å². The summed E-state index contributed by atoms with van der Waals surface area (Å²) in [5.41, 5.74) is 3.31. The number of thioether (sulfide) groups is 1. The lowest BCUT2D eigenvalue weighted by Crippen LogP contribution is -2.19. The molecule has 2 aromatic carbocycles. The van der Waals surface area contributed by atoms with E-state index >= 15 is 0 Å². The minimum Gasteiger partial charge on any atom is -0.497 e. The number of ether oxygens (including phenoxy) is 1. The largest absolute Gasteiger partial charge is 0.497 e. The number of anilines is 1. The number of benzene rings is 2. The van der Waals surface area contributed by atoms with E-state index < -0.39 is 0 Å². The Morgan fingerprint density at radius 3 is 2.52 bits per heavy atom. The minimum atomic E-state index is -0.0842. The number of amides is 1. The number of nitrogens with one attached hydrogen (secondary N) is 1. The number of fused-ring (bicyclic) bond motifs is 1. The molecule has 1 fully saturated rings. The van der Waals surface area contributed by atoms with E-state index in [0.29, 0.717) is 5.25 Å². The monoisotopic (exact) mass is 439 g/mol. The molecule has 0 aliphatic heterocycles. The van der Waals surface area contributed by atoms with Crippen molar-refractivity contribution in [2.75, 3.05) is 12.4 Å². The SMILES string of the molecule is COc1cccc(CC(=O)Nc2cc3c(cc2SC2CCCCC2)n(C)c(=O)n3C)c1. The number of imidazole rings is 1. The molecule has 0 saturated heterocycles. The second-order valence-electron chi connectivity index (χ2n) is 8.19. The van der Waals surface area contributed by atoms with E-state index in [-0.39, 0.29) is 18.0 Å². The van der Waals surface area contributed by atoms with Crippen LogP contribution in [0.1, 0.15) is 37.7 Å². The highest BCUT2D eigenvalue weighted by Crippen LogP contribution is 2.39. The van der Waals surface area contributed by atoms with Crippen LogP contribution in [-0.4, -0.2) is 27.4 Å². The van der Waals surface area contributed by atoms with Crippen molar-refractivity contribution in [2.24, 2.45) is 14.1 Å². The van der Waals surface area contributed by atoms with Crippen LogP contribution in [0.15, 0.2) is 46.1 Å². The van der Waals surface area contributed by atoms with Crippen LogP contribution in [0.3, 0.4) is 0 Å². The average Bonchev–Trinajstić information content (AvgIpc) is 2.98. The van der Waals surface area contributed by atoms with Crippen molar-refractivity contribution in [3.8, 4) is 5.75 Å². The van der Waals surface area contributed by atoms with Crippen molar-refractivity contribution in [1.29, 1.82) is 0 Å². The second kappa shape index (κ2) is 9.22. The van der Waals surface area contributed by atoms with Crippen LogP contribution < -0.4 is 15.7 Å². The molecule has 0 atom stereocenters. The molecule has 1 N–H and O–H groups in total. The van der Waals surface area contributed by atoms with Gasteiger partial charge in [-0.2, -0.15) is 0 Å². The molecule has 0 bridgehead atoms. The Morgan fingerprint density at radius 2 is 1.81 bits per heavy atom. The van der Waals surface area contributed by atoms with E-state index in [0.717, 1.165) is 32.9 Å². The van der Waals surface area contributed by atoms with E-state index in [1.807, 2.05) is 42.1 Å². The Kier molecular flexibility index (Phi) is 6.41. The Balaban J connectivity index is 1.64. The van der Waals surface area contributed by atoms with Crippen molar-refractivity contribution < 1.29 is 9.53 Å². The van der Waals surface area contributed by atoms with Gasteiger partial charge >= 0.3 is 5.69 Å². The molecule has 0 spiro atoms. The van der Waals surface area contributed by atoms with Crippen LogP contribution in [-0.2, 0) is 25.3 Å². The summed E-state index contributed by atoms with van der Waals surface area (Å²) in [4.78, 5) is 26.4. The zero-order chi connectivity index (χ0) is 22.0. The van der Waals surface area contributed by atoms with Gasteiger partial charge in [0.05, 0.1) is 30.3 Å². The van der Waals surface area contributed by atoms with Crippen molar-refractivity contribution in [1.82, 2.24) is 9.13 Å². The molecule has 1 heterocycles. The van der Waals surface area contributed by atoms with Crippen LogP contribution in [0.25, 0.3) is 11.0 Å². The molecular formula is C24H29N3O3S. The van der Waals surface area contributed by atoms with Gasteiger partial charge in [-0.05, 0) is 42.7 Å². The third-order valence-corrected chi connectivity index (χ3v) is 7.39. The third kappa shape index (κ3) is 4.66. The predicted octanol–water partition coefficient (Wildman–Crippen LogP) is 4.49. The molecule has 3 aromatic rings. The molecule has 0 radical (unpaired) electrons. The molecule has 1 aromatic heterocycles. The van der Waals surface area contributed by atoms with Gasteiger partial charge in [-0.1, -0.05) is 31.4 Å². The number of hydrogen-bond acceptors (Lipinski definition) is 4. The number of carbonyl (C=O) groups is 1. The molecule has 0 unspecified atom stereocenters. The van der Waals surface area contributed by atoms with Gasteiger partial charge in [0, 0.05) is 24.2 Å². The highest BCUT2D eigenvalue weighted by atomic mass is 32.2. The molecule has 1 aliphatic rings. The minimum absolute atomic E-state index is 0.0662. The fraction of sp³-hybridized carbons (Fsp3) is 0.417. The maximum atomic E-state index is 12.9. The summed E-state index contributed by atoms with van der Waals surface area (Å²) in [5.74, 6) is 0.651. The first-order chi connectivity index (χ1) is 15.0. The van der Waals surface area contributed by atoms with E-state index in [1.165, 1.54) is 32.1 Å². The first-order valence-electron chi connectivity index (χ1n) is 10.7.